The number of alkyl halides is 3. The second kappa shape index (κ2) is 6.66. The Morgan fingerprint density at radius 1 is 1.08 bits per heavy atom. The predicted octanol–water partition coefficient (Wildman–Crippen LogP) is 4.32. The van der Waals surface area contributed by atoms with Crippen LogP contribution in [0.5, 0.6) is 5.75 Å². The second-order valence-corrected chi connectivity index (χ2v) is 5.43. The van der Waals surface area contributed by atoms with Gasteiger partial charge in [0.25, 0.3) is 0 Å². The SMILES string of the molecule is CNc1nc(-c2ccc(C)c(F)c2)nn1-c1ccc(OC(F)(F)F)cc1. The Bertz CT molecular complexity index is 920. The monoisotopic (exact) mass is 366 g/mol. The molecule has 136 valence electrons. The van der Waals surface area contributed by atoms with E-state index in [1.54, 1.807) is 26.1 Å². The van der Waals surface area contributed by atoms with Crippen molar-refractivity contribution in [2.24, 2.45) is 0 Å². The lowest BCUT2D eigenvalue weighted by Gasteiger charge is -2.10. The molecule has 5 nitrogen and oxygen atoms in total. The number of ether oxygens (including phenoxy) is 1. The van der Waals surface area contributed by atoms with Gasteiger partial charge in [-0.3, -0.25) is 0 Å². The lowest BCUT2D eigenvalue weighted by molar-refractivity contribution is -0.274. The van der Waals surface area contributed by atoms with E-state index < -0.39 is 6.36 Å². The highest BCUT2D eigenvalue weighted by molar-refractivity contribution is 5.58. The third-order valence-corrected chi connectivity index (χ3v) is 3.58. The molecule has 0 bridgehead atoms. The van der Waals surface area contributed by atoms with Crippen molar-refractivity contribution in [3.63, 3.8) is 0 Å². The summed E-state index contributed by atoms with van der Waals surface area (Å²) in [5.41, 5.74) is 1.46. The fourth-order valence-electron chi connectivity index (χ4n) is 2.30. The molecule has 0 aliphatic heterocycles. The molecule has 9 heteroatoms. The highest BCUT2D eigenvalue weighted by Crippen LogP contribution is 2.26. The van der Waals surface area contributed by atoms with Gasteiger partial charge in [0, 0.05) is 12.6 Å². The lowest BCUT2D eigenvalue weighted by atomic mass is 10.1. The molecule has 0 unspecified atom stereocenters. The van der Waals surface area contributed by atoms with Gasteiger partial charge in [-0.1, -0.05) is 12.1 Å². The fourth-order valence-corrected chi connectivity index (χ4v) is 2.30. The molecular formula is C17H14F4N4O. The molecular weight excluding hydrogens is 352 g/mol. The maximum atomic E-state index is 13.8. The number of nitrogens with zero attached hydrogens (tertiary/aromatic N) is 3. The smallest absolute Gasteiger partial charge is 0.406 e. The Hall–Kier alpha value is -3.10. The fraction of sp³-hybridized carbons (Fsp3) is 0.176. The number of rotatable bonds is 4. The summed E-state index contributed by atoms with van der Waals surface area (Å²) in [6.07, 6.45) is -4.76. The predicted molar refractivity (Wildman–Crippen MR) is 87.7 cm³/mol. The quantitative estimate of drug-likeness (QED) is 0.699. The first kappa shape index (κ1) is 17.7. The summed E-state index contributed by atoms with van der Waals surface area (Å²) in [7, 11) is 1.63. The molecule has 0 fully saturated rings. The van der Waals surface area contributed by atoms with E-state index in [0.29, 0.717) is 22.8 Å². The van der Waals surface area contributed by atoms with Crippen molar-refractivity contribution in [3.8, 4) is 22.8 Å². The average Bonchev–Trinajstić information content (AvgIpc) is 3.01. The first-order valence-electron chi connectivity index (χ1n) is 7.54. The Morgan fingerprint density at radius 2 is 1.77 bits per heavy atom. The zero-order valence-corrected chi connectivity index (χ0v) is 13.8. The van der Waals surface area contributed by atoms with E-state index in [1.807, 2.05) is 0 Å². The minimum atomic E-state index is -4.76. The van der Waals surface area contributed by atoms with Gasteiger partial charge < -0.3 is 10.1 Å². The topological polar surface area (TPSA) is 52.0 Å². The zero-order valence-electron chi connectivity index (χ0n) is 13.8. The number of anilines is 1. The molecule has 1 N–H and O–H groups in total. The molecule has 1 aromatic heterocycles. The van der Waals surface area contributed by atoms with Gasteiger partial charge in [0.05, 0.1) is 5.69 Å². The highest BCUT2D eigenvalue weighted by atomic mass is 19.4. The number of hydrogen-bond donors (Lipinski definition) is 1. The van der Waals surface area contributed by atoms with Crippen LogP contribution in [0.4, 0.5) is 23.5 Å². The van der Waals surface area contributed by atoms with Crippen LogP contribution >= 0.6 is 0 Å². The third kappa shape index (κ3) is 3.76. The van der Waals surface area contributed by atoms with Crippen LogP contribution in [0.2, 0.25) is 0 Å². The van der Waals surface area contributed by atoms with Crippen LogP contribution in [0.15, 0.2) is 42.5 Å². The van der Waals surface area contributed by atoms with Gasteiger partial charge in [-0.05, 0) is 42.8 Å². The molecule has 0 saturated carbocycles. The Morgan fingerprint density at radius 3 is 2.35 bits per heavy atom. The molecule has 0 atom stereocenters. The van der Waals surface area contributed by atoms with Crippen LogP contribution in [-0.4, -0.2) is 28.2 Å². The molecule has 0 aliphatic carbocycles. The molecule has 3 rings (SSSR count). The number of benzene rings is 2. The van der Waals surface area contributed by atoms with E-state index in [-0.39, 0.29) is 17.4 Å². The zero-order chi connectivity index (χ0) is 18.9. The summed E-state index contributed by atoms with van der Waals surface area (Å²) in [4.78, 5) is 4.29. The van der Waals surface area contributed by atoms with Crippen LogP contribution in [-0.2, 0) is 0 Å². The van der Waals surface area contributed by atoms with E-state index in [0.717, 1.165) is 0 Å². The lowest BCUT2D eigenvalue weighted by Crippen LogP contribution is -2.17. The van der Waals surface area contributed by atoms with E-state index in [9.17, 15) is 17.6 Å². The van der Waals surface area contributed by atoms with E-state index in [2.05, 4.69) is 20.1 Å². The molecule has 0 aliphatic rings. The standard InChI is InChI=1S/C17H14F4N4O/c1-10-3-4-11(9-14(10)18)15-23-16(22-2)25(24-15)12-5-7-13(8-6-12)26-17(19,20)21/h3-9H,1-2H3,(H,22,23,24). The van der Waals surface area contributed by atoms with Crippen molar-refractivity contribution >= 4 is 5.95 Å². The minimum Gasteiger partial charge on any atom is -0.406 e. The van der Waals surface area contributed by atoms with Crippen LogP contribution in [0.25, 0.3) is 17.1 Å². The molecule has 26 heavy (non-hydrogen) atoms. The van der Waals surface area contributed by atoms with Crippen molar-refractivity contribution in [2.45, 2.75) is 13.3 Å². The maximum Gasteiger partial charge on any atom is 0.573 e. The van der Waals surface area contributed by atoms with Crippen molar-refractivity contribution in [2.75, 3.05) is 12.4 Å². The molecule has 2 aromatic carbocycles. The van der Waals surface area contributed by atoms with Crippen molar-refractivity contribution < 1.29 is 22.3 Å². The molecule has 3 aromatic rings. The number of aryl methyl sites for hydroxylation is 1. The molecule has 1 heterocycles. The largest absolute Gasteiger partial charge is 0.573 e. The van der Waals surface area contributed by atoms with Gasteiger partial charge in [0.15, 0.2) is 5.82 Å². The van der Waals surface area contributed by atoms with Gasteiger partial charge >= 0.3 is 6.36 Å². The molecule has 0 radical (unpaired) electrons. The number of halogens is 4. The summed E-state index contributed by atoms with van der Waals surface area (Å²) >= 11 is 0. The second-order valence-electron chi connectivity index (χ2n) is 5.43. The normalized spacial score (nSPS) is 11.5. The first-order valence-corrected chi connectivity index (χ1v) is 7.54. The first-order chi connectivity index (χ1) is 12.3. The van der Waals surface area contributed by atoms with Gasteiger partial charge in [0.1, 0.15) is 11.6 Å². The summed E-state index contributed by atoms with van der Waals surface area (Å²) in [5.74, 6) is -0.0824. The van der Waals surface area contributed by atoms with Crippen molar-refractivity contribution in [1.82, 2.24) is 14.8 Å². The number of aromatic nitrogens is 3. The summed E-state index contributed by atoms with van der Waals surface area (Å²) in [6, 6.07) is 9.82. The number of nitrogens with one attached hydrogen (secondary N) is 1. The summed E-state index contributed by atoms with van der Waals surface area (Å²) < 4.78 is 55.8. The van der Waals surface area contributed by atoms with Crippen LogP contribution < -0.4 is 10.1 Å². The summed E-state index contributed by atoms with van der Waals surface area (Å²) in [6.45, 7) is 1.65. The van der Waals surface area contributed by atoms with Crippen molar-refractivity contribution in [3.05, 3.63) is 53.8 Å². The Labute approximate surface area is 146 Å². The molecule has 0 saturated heterocycles. The van der Waals surface area contributed by atoms with Crippen LogP contribution in [0.3, 0.4) is 0 Å². The molecule has 0 amide bonds. The third-order valence-electron chi connectivity index (χ3n) is 3.58. The summed E-state index contributed by atoms with van der Waals surface area (Å²) in [5, 5.41) is 7.16. The van der Waals surface area contributed by atoms with E-state index in [1.165, 1.54) is 35.0 Å². The van der Waals surface area contributed by atoms with Gasteiger partial charge in [-0.25, -0.2) is 4.39 Å². The molecule has 0 spiro atoms. The van der Waals surface area contributed by atoms with Gasteiger partial charge in [-0.15, -0.1) is 18.3 Å². The Balaban J connectivity index is 1.95. The number of hydrogen-bond acceptors (Lipinski definition) is 4. The minimum absolute atomic E-state index is 0.281. The maximum absolute atomic E-state index is 13.8. The van der Waals surface area contributed by atoms with Gasteiger partial charge in [0.2, 0.25) is 5.95 Å². The Kier molecular flexibility index (Phi) is 4.54. The van der Waals surface area contributed by atoms with Crippen LogP contribution in [0, 0.1) is 12.7 Å². The van der Waals surface area contributed by atoms with Crippen LogP contribution in [0.1, 0.15) is 5.56 Å². The van der Waals surface area contributed by atoms with Crippen molar-refractivity contribution in [1.29, 1.82) is 0 Å². The van der Waals surface area contributed by atoms with E-state index >= 15 is 0 Å². The highest BCUT2D eigenvalue weighted by Gasteiger charge is 2.31. The van der Waals surface area contributed by atoms with Gasteiger partial charge in [-0.2, -0.15) is 9.67 Å². The average molecular weight is 366 g/mol. The van der Waals surface area contributed by atoms with E-state index in [4.69, 9.17) is 0 Å².